The number of aromatic nitrogens is 2. The van der Waals surface area contributed by atoms with Gasteiger partial charge in [-0.1, -0.05) is 23.7 Å². The molecule has 2 heterocycles. The standard InChI is InChI=1S/C17H12ClN3O6S/c18-9-3-1-2-8(6-9)7-27-17(26)19-10-4-5-28-13(10)14-20-11(16(24)25)12(22)15(23)21-14/h1-6,22H,7H2,(H,19,26)(H,24,25)(H,20,21,23). The Morgan fingerprint density at radius 3 is 2.82 bits per heavy atom. The molecule has 3 rings (SSSR count). The first-order valence-electron chi connectivity index (χ1n) is 7.68. The normalized spacial score (nSPS) is 10.5. The van der Waals surface area contributed by atoms with E-state index in [0.29, 0.717) is 15.5 Å². The third kappa shape index (κ3) is 4.30. The van der Waals surface area contributed by atoms with Gasteiger partial charge in [-0.2, -0.15) is 0 Å². The summed E-state index contributed by atoms with van der Waals surface area (Å²) in [7, 11) is 0. The van der Waals surface area contributed by atoms with Gasteiger partial charge in [-0.3, -0.25) is 10.1 Å². The van der Waals surface area contributed by atoms with E-state index in [9.17, 15) is 19.5 Å². The van der Waals surface area contributed by atoms with E-state index in [-0.39, 0.29) is 18.1 Å². The topological polar surface area (TPSA) is 142 Å². The number of nitrogens with zero attached hydrogens (tertiary/aromatic N) is 1. The van der Waals surface area contributed by atoms with Crippen LogP contribution in [0.15, 0.2) is 40.5 Å². The lowest BCUT2D eigenvalue weighted by atomic mass is 10.2. The summed E-state index contributed by atoms with van der Waals surface area (Å²) in [4.78, 5) is 41.3. The number of H-pyrrole nitrogens is 1. The number of carbonyl (C=O) groups is 2. The number of benzene rings is 1. The van der Waals surface area contributed by atoms with Gasteiger partial charge < -0.3 is 19.9 Å². The summed E-state index contributed by atoms with van der Waals surface area (Å²) in [6.07, 6.45) is -0.765. The van der Waals surface area contributed by atoms with E-state index in [0.717, 1.165) is 11.3 Å². The maximum atomic E-state index is 12.1. The molecule has 0 unspecified atom stereocenters. The van der Waals surface area contributed by atoms with E-state index in [1.54, 1.807) is 29.6 Å². The predicted octanol–water partition coefficient (Wildman–Crippen LogP) is 3.30. The molecule has 0 bridgehead atoms. The van der Waals surface area contributed by atoms with Crippen molar-refractivity contribution >= 4 is 40.7 Å². The third-order valence-corrected chi connectivity index (χ3v) is 4.63. The highest BCUT2D eigenvalue weighted by molar-refractivity contribution is 7.14. The summed E-state index contributed by atoms with van der Waals surface area (Å²) >= 11 is 6.97. The second kappa shape index (κ2) is 8.11. The summed E-state index contributed by atoms with van der Waals surface area (Å²) < 4.78 is 5.12. The molecule has 0 aliphatic heterocycles. The van der Waals surface area contributed by atoms with Crippen LogP contribution in [0.4, 0.5) is 10.5 Å². The summed E-state index contributed by atoms with van der Waals surface area (Å²) in [5.41, 5.74) is -0.845. The zero-order chi connectivity index (χ0) is 20.3. The summed E-state index contributed by atoms with van der Waals surface area (Å²) in [5.74, 6) is -2.67. The Morgan fingerprint density at radius 1 is 1.32 bits per heavy atom. The summed E-state index contributed by atoms with van der Waals surface area (Å²) in [5, 5.41) is 23.2. The SMILES string of the molecule is O=C(Nc1ccsc1-c1nc(C(=O)O)c(O)c(=O)[nH]1)OCc1cccc(Cl)c1. The van der Waals surface area contributed by atoms with Crippen molar-refractivity contribution in [3.8, 4) is 16.5 Å². The molecule has 28 heavy (non-hydrogen) atoms. The number of aromatic hydroxyl groups is 1. The van der Waals surface area contributed by atoms with Crippen LogP contribution in [0.1, 0.15) is 16.1 Å². The van der Waals surface area contributed by atoms with Crippen LogP contribution in [-0.2, 0) is 11.3 Å². The summed E-state index contributed by atoms with van der Waals surface area (Å²) in [6, 6.07) is 8.35. The van der Waals surface area contributed by atoms with Gasteiger partial charge in [0.2, 0.25) is 5.75 Å². The molecule has 1 aromatic carbocycles. The van der Waals surface area contributed by atoms with E-state index in [4.69, 9.17) is 21.4 Å². The van der Waals surface area contributed by atoms with Crippen molar-refractivity contribution in [1.29, 1.82) is 0 Å². The van der Waals surface area contributed by atoms with Crippen molar-refractivity contribution < 1.29 is 24.5 Å². The predicted molar refractivity (Wildman–Crippen MR) is 102 cm³/mol. The molecule has 2 aromatic heterocycles. The molecular formula is C17H12ClN3O6S. The highest BCUT2D eigenvalue weighted by atomic mass is 35.5. The molecule has 4 N–H and O–H groups in total. The second-order valence-electron chi connectivity index (χ2n) is 5.41. The Balaban J connectivity index is 1.78. The highest BCUT2D eigenvalue weighted by Crippen LogP contribution is 2.31. The molecule has 0 fully saturated rings. The first-order chi connectivity index (χ1) is 13.3. The van der Waals surface area contributed by atoms with Crippen molar-refractivity contribution in [3.05, 3.63) is 62.3 Å². The average molecular weight is 422 g/mol. The number of halogens is 1. The highest BCUT2D eigenvalue weighted by Gasteiger charge is 2.20. The van der Waals surface area contributed by atoms with Crippen molar-refractivity contribution in [3.63, 3.8) is 0 Å². The monoisotopic (exact) mass is 421 g/mol. The molecular weight excluding hydrogens is 410 g/mol. The number of anilines is 1. The van der Waals surface area contributed by atoms with Gasteiger partial charge in [-0.05, 0) is 29.1 Å². The molecule has 0 aliphatic rings. The molecule has 0 saturated heterocycles. The summed E-state index contributed by atoms with van der Waals surface area (Å²) in [6.45, 7) is -0.0106. The number of thiophene rings is 1. The number of aromatic carboxylic acids is 1. The van der Waals surface area contributed by atoms with Gasteiger partial charge in [-0.25, -0.2) is 14.6 Å². The van der Waals surface area contributed by atoms with Crippen LogP contribution in [0.5, 0.6) is 5.75 Å². The van der Waals surface area contributed by atoms with Crippen molar-refractivity contribution in [2.24, 2.45) is 0 Å². The minimum atomic E-state index is -1.56. The van der Waals surface area contributed by atoms with Gasteiger partial charge in [0.1, 0.15) is 6.61 Å². The zero-order valence-corrected chi connectivity index (χ0v) is 15.5. The van der Waals surface area contributed by atoms with E-state index in [1.807, 2.05) is 0 Å². The number of hydrogen-bond donors (Lipinski definition) is 4. The molecule has 1 amide bonds. The van der Waals surface area contributed by atoms with E-state index in [1.165, 1.54) is 6.07 Å². The van der Waals surface area contributed by atoms with Gasteiger partial charge in [0.15, 0.2) is 11.5 Å². The maximum absolute atomic E-state index is 12.1. The Bertz CT molecular complexity index is 1110. The van der Waals surface area contributed by atoms with Crippen LogP contribution in [0.3, 0.4) is 0 Å². The van der Waals surface area contributed by atoms with Crippen LogP contribution >= 0.6 is 22.9 Å². The molecule has 0 spiro atoms. The lowest BCUT2D eigenvalue weighted by Crippen LogP contribution is -2.16. The quantitative estimate of drug-likeness (QED) is 0.495. The Kier molecular flexibility index (Phi) is 5.62. The molecule has 0 aliphatic carbocycles. The van der Waals surface area contributed by atoms with Crippen LogP contribution in [0.2, 0.25) is 5.02 Å². The van der Waals surface area contributed by atoms with Crippen molar-refractivity contribution in [1.82, 2.24) is 9.97 Å². The van der Waals surface area contributed by atoms with Crippen LogP contribution < -0.4 is 10.9 Å². The Labute approximate surface area is 166 Å². The van der Waals surface area contributed by atoms with Crippen LogP contribution in [-0.4, -0.2) is 32.2 Å². The number of carboxylic acid groups (broad SMARTS) is 1. The number of carboxylic acids is 1. The minimum Gasteiger partial charge on any atom is -0.501 e. The van der Waals surface area contributed by atoms with Gasteiger partial charge in [0.05, 0.1) is 10.6 Å². The van der Waals surface area contributed by atoms with E-state index < -0.39 is 29.1 Å². The number of aromatic amines is 1. The molecule has 3 aromatic rings. The molecule has 9 nitrogen and oxygen atoms in total. The number of nitrogens with one attached hydrogen (secondary N) is 2. The zero-order valence-electron chi connectivity index (χ0n) is 13.9. The molecule has 0 atom stereocenters. The number of carbonyl (C=O) groups excluding carboxylic acids is 1. The van der Waals surface area contributed by atoms with E-state index in [2.05, 4.69) is 15.3 Å². The van der Waals surface area contributed by atoms with Crippen LogP contribution in [0, 0.1) is 0 Å². The lowest BCUT2D eigenvalue weighted by Gasteiger charge is -2.08. The smallest absolute Gasteiger partial charge is 0.412 e. The first-order valence-corrected chi connectivity index (χ1v) is 8.93. The fourth-order valence-corrected chi connectivity index (χ4v) is 3.24. The number of amides is 1. The van der Waals surface area contributed by atoms with Gasteiger partial charge in [-0.15, -0.1) is 11.3 Å². The molecule has 144 valence electrons. The van der Waals surface area contributed by atoms with Crippen molar-refractivity contribution in [2.75, 3.05) is 5.32 Å². The number of ether oxygens (including phenoxy) is 1. The van der Waals surface area contributed by atoms with Gasteiger partial charge >= 0.3 is 12.1 Å². The second-order valence-corrected chi connectivity index (χ2v) is 6.76. The fourth-order valence-electron chi connectivity index (χ4n) is 2.24. The fraction of sp³-hybridized carbons (Fsp3) is 0.0588. The minimum absolute atomic E-state index is 0.0106. The van der Waals surface area contributed by atoms with E-state index >= 15 is 0 Å². The first kappa shape index (κ1) is 19.4. The van der Waals surface area contributed by atoms with Crippen molar-refractivity contribution in [2.45, 2.75) is 6.61 Å². The third-order valence-electron chi connectivity index (χ3n) is 3.47. The van der Waals surface area contributed by atoms with Gasteiger partial charge in [0, 0.05) is 5.02 Å². The Morgan fingerprint density at radius 2 is 2.11 bits per heavy atom. The maximum Gasteiger partial charge on any atom is 0.412 e. The number of hydrogen-bond acceptors (Lipinski definition) is 7. The average Bonchev–Trinajstić information content (AvgIpc) is 3.10. The molecule has 0 radical (unpaired) electrons. The lowest BCUT2D eigenvalue weighted by molar-refractivity contribution is 0.0686. The van der Waals surface area contributed by atoms with Crippen LogP contribution in [0.25, 0.3) is 10.7 Å². The largest absolute Gasteiger partial charge is 0.501 e. The molecule has 11 heteroatoms. The Hall–Kier alpha value is -3.37. The molecule has 0 saturated carbocycles. The van der Waals surface area contributed by atoms with Gasteiger partial charge in [0.25, 0.3) is 5.56 Å². The number of rotatable bonds is 5.